The number of hydrogen-bond donors (Lipinski definition) is 1. The van der Waals surface area contributed by atoms with E-state index in [1.165, 1.54) is 11.3 Å². The van der Waals surface area contributed by atoms with E-state index in [1.807, 2.05) is 0 Å². The summed E-state index contributed by atoms with van der Waals surface area (Å²) in [6.07, 6.45) is 0. The fraction of sp³-hybridized carbons (Fsp3) is 0. The summed E-state index contributed by atoms with van der Waals surface area (Å²) < 4.78 is 32.6. The maximum absolute atomic E-state index is 13.4. The van der Waals surface area contributed by atoms with Crippen molar-refractivity contribution in [2.75, 3.05) is 5.73 Å². The van der Waals surface area contributed by atoms with Crippen molar-refractivity contribution in [3.8, 4) is 10.9 Å². The predicted octanol–water partition coefficient (Wildman–Crippen LogP) is 3.95. The zero-order valence-electron chi connectivity index (χ0n) is 9.56. The van der Waals surface area contributed by atoms with Gasteiger partial charge in [0.2, 0.25) is 0 Å². The normalized spacial score (nSPS) is 10.8. The first-order valence-electron chi connectivity index (χ1n) is 5.41. The van der Waals surface area contributed by atoms with E-state index in [0.29, 0.717) is 11.2 Å². The molecule has 0 fully saturated rings. The largest absolute Gasteiger partial charge is 0.428 e. The average molecular weight is 278 g/mol. The molecule has 0 bridgehead atoms. The number of hydrogen-bond acceptors (Lipinski definition) is 4. The molecule has 0 saturated heterocycles. The van der Waals surface area contributed by atoms with E-state index in [9.17, 15) is 8.78 Å². The minimum absolute atomic E-state index is 0.188. The summed E-state index contributed by atoms with van der Waals surface area (Å²) in [5, 5.41) is 0.241. The summed E-state index contributed by atoms with van der Waals surface area (Å²) in [5.74, 6) is -1.39. The molecule has 6 heteroatoms. The lowest BCUT2D eigenvalue weighted by Gasteiger charge is -2.02. The molecule has 3 nitrogen and oxygen atoms in total. The highest BCUT2D eigenvalue weighted by Crippen LogP contribution is 2.33. The maximum Gasteiger partial charge on any atom is 0.279 e. The molecular formula is C13H8F2N2OS. The highest BCUT2D eigenvalue weighted by molar-refractivity contribution is 7.20. The number of anilines is 1. The van der Waals surface area contributed by atoms with Gasteiger partial charge in [-0.1, -0.05) is 11.3 Å². The van der Waals surface area contributed by atoms with Crippen LogP contribution in [0, 0.1) is 11.6 Å². The summed E-state index contributed by atoms with van der Waals surface area (Å²) in [7, 11) is 0. The standard InChI is InChI=1S/C13H8F2N2OS/c14-7-1-3-9(15)11(5-7)18-13-17-10-4-2-8(16)6-12(10)19-13/h1-6H,16H2. The fourth-order valence-electron chi connectivity index (χ4n) is 1.61. The Balaban J connectivity index is 1.98. The second-order valence-electron chi connectivity index (χ2n) is 3.88. The first kappa shape index (κ1) is 11.9. The first-order valence-corrected chi connectivity index (χ1v) is 6.22. The molecule has 3 rings (SSSR count). The molecule has 0 aliphatic rings. The molecule has 0 saturated carbocycles. The number of aromatic nitrogens is 1. The molecule has 0 amide bonds. The zero-order chi connectivity index (χ0) is 13.4. The summed E-state index contributed by atoms with van der Waals surface area (Å²) >= 11 is 1.22. The quantitative estimate of drug-likeness (QED) is 0.722. The fourth-order valence-corrected chi connectivity index (χ4v) is 2.49. The highest BCUT2D eigenvalue weighted by atomic mass is 32.1. The van der Waals surface area contributed by atoms with Gasteiger partial charge in [0.25, 0.3) is 5.19 Å². The van der Waals surface area contributed by atoms with E-state index in [-0.39, 0.29) is 10.9 Å². The second-order valence-corrected chi connectivity index (χ2v) is 4.88. The number of ether oxygens (including phenoxy) is 1. The van der Waals surface area contributed by atoms with Crippen LogP contribution in [-0.2, 0) is 0 Å². The molecule has 0 unspecified atom stereocenters. The summed E-state index contributed by atoms with van der Waals surface area (Å²) in [4.78, 5) is 4.17. The number of nitrogens with two attached hydrogens (primary N) is 1. The molecule has 96 valence electrons. The van der Waals surface area contributed by atoms with Gasteiger partial charge in [-0.05, 0) is 30.3 Å². The van der Waals surface area contributed by atoms with Crippen LogP contribution in [0.3, 0.4) is 0 Å². The van der Waals surface area contributed by atoms with Gasteiger partial charge in [-0.25, -0.2) is 13.8 Å². The lowest BCUT2D eigenvalue weighted by Crippen LogP contribution is -1.88. The van der Waals surface area contributed by atoms with Crippen LogP contribution in [-0.4, -0.2) is 4.98 Å². The van der Waals surface area contributed by atoms with Crippen LogP contribution in [0.1, 0.15) is 0 Å². The Morgan fingerprint density at radius 3 is 2.79 bits per heavy atom. The van der Waals surface area contributed by atoms with E-state index in [0.717, 1.165) is 22.9 Å². The molecule has 3 aromatic rings. The van der Waals surface area contributed by atoms with Crippen molar-refractivity contribution in [1.82, 2.24) is 4.98 Å². The number of nitrogen functional groups attached to an aromatic ring is 1. The molecule has 2 aromatic carbocycles. The van der Waals surface area contributed by atoms with Crippen molar-refractivity contribution in [3.63, 3.8) is 0 Å². The minimum Gasteiger partial charge on any atom is -0.428 e. The number of thiazole rings is 1. The molecule has 0 spiro atoms. The Morgan fingerprint density at radius 2 is 1.95 bits per heavy atom. The third kappa shape index (κ3) is 2.34. The van der Waals surface area contributed by atoms with Gasteiger partial charge >= 0.3 is 0 Å². The van der Waals surface area contributed by atoms with Gasteiger partial charge in [-0.3, -0.25) is 0 Å². The topological polar surface area (TPSA) is 48.1 Å². The van der Waals surface area contributed by atoms with E-state index < -0.39 is 11.6 Å². The van der Waals surface area contributed by atoms with E-state index in [1.54, 1.807) is 18.2 Å². The number of rotatable bonds is 2. The van der Waals surface area contributed by atoms with Crippen molar-refractivity contribution in [3.05, 3.63) is 48.0 Å². The van der Waals surface area contributed by atoms with Gasteiger partial charge in [0.05, 0.1) is 10.2 Å². The number of fused-ring (bicyclic) bond motifs is 1. The summed E-state index contributed by atoms with van der Waals surface area (Å²) in [5.41, 5.74) is 6.97. The Morgan fingerprint density at radius 1 is 1.11 bits per heavy atom. The Hall–Kier alpha value is -2.21. The van der Waals surface area contributed by atoms with Gasteiger partial charge in [0.15, 0.2) is 11.6 Å². The summed E-state index contributed by atoms with van der Waals surface area (Å²) in [6.45, 7) is 0. The van der Waals surface area contributed by atoms with E-state index in [4.69, 9.17) is 10.5 Å². The SMILES string of the molecule is Nc1ccc2nc(Oc3cc(F)ccc3F)sc2c1. The number of nitrogens with zero attached hydrogens (tertiary/aromatic N) is 1. The van der Waals surface area contributed by atoms with E-state index >= 15 is 0 Å². The molecule has 0 aliphatic heterocycles. The molecule has 0 atom stereocenters. The maximum atomic E-state index is 13.4. The van der Waals surface area contributed by atoms with Crippen molar-refractivity contribution in [2.45, 2.75) is 0 Å². The van der Waals surface area contributed by atoms with Crippen molar-refractivity contribution < 1.29 is 13.5 Å². The lowest BCUT2D eigenvalue weighted by molar-refractivity contribution is 0.435. The Bertz CT molecular complexity index is 757. The van der Waals surface area contributed by atoms with Gasteiger partial charge in [0.1, 0.15) is 5.82 Å². The van der Waals surface area contributed by atoms with Crippen LogP contribution in [0.4, 0.5) is 14.5 Å². The Labute approximate surface area is 111 Å². The van der Waals surface area contributed by atoms with Crippen LogP contribution >= 0.6 is 11.3 Å². The molecule has 1 heterocycles. The molecule has 1 aromatic heterocycles. The van der Waals surface area contributed by atoms with Crippen molar-refractivity contribution in [1.29, 1.82) is 0 Å². The third-order valence-electron chi connectivity index (χ3n) is 2.48. The van der Waals surface area contributed by atoms with Gasteiger partial charge < -0.3 is 10.5 Å². The Kier molecular flexibility index (Phi) is 2.79. The third-order valence-corrected chi connectivity index (χ3v) is 3.38. The molecule has 2 N–H and O–H groups in total. The van der Waals surface area contributed by atoms with Crippen molar-refractivity contribution >= 4 is 27.2 Å². The number of benzene rings is 2. The van der Waals surface area contributed by atoms with Crippen LogP contribution in [0.15, 0.2) is 36.4 Å². The lowest BCUT2D eigenvalue weighted by atomic mass is 10.3. The van der Waals surface area contributed by atoms with Crippen LogP contribution in [0.5, 0.6) is 10.9 Å². The average Bonchev–Trinajstić information content (AvgIpc) is 2.75. The molecule has 0 aliphatic carbocycles. The van der Waals surface area contributed by atoms with Gasteiger partial charge in [-0.2, -0.15) is 0 Å². The van der Waals surface area contributed by atoms with E-state index in [2.05, 4.69) is 4.98 Å². The predicted molar refractivity (Wildman–Crippen MR) is 70.5 cm³/mol. The number of halogens is 2. The monoisotopic (exact) mass is 278 g/mol. The zero-order valence-corrected chi connectivity index (χ0v) is 10.4. The minimum atomic E-state index is -0.639. The van der Waals surface area contributed by atoms with Gasteiger partial charge in [-0.15, -0.1) is 0 Å². The molecular weight excluding hydrogens is 270 g/mol. The first-order chi connectivity index (χ1) is 9.11. The highest BCUT2D eigenvalue weighted by Gasteiger charge is 2.10. The van der Waals surface area contributed by atoms with Crippen LogP contribution < -0.4 is 10.5 Å². The smallest absolute Gasteiger partial charge is 0.279 e. The van der Waals surface area contributed by atoms with Crippen molar-refractivity contribution in [2.24, 2.45) is 0 Å². The summed E-state index contributed by atoms with van der Waals surface area (Å²) in [6, 6.07) is 8.24. The second kappa shape index (κ2) is 4.47. The molecule has 19 heavy (non-hydrogen) atoms. The van der Waals surface area contributed by atoms with Crippen LogP contribution in [0.25, 0.3) is 10.2 Å². The van der Waals surface area contributed by atoms with Gasteiger partial charge in [0, 0.05) is 11.8 Å². The van der Waals surface area contributed by atoms with Crippen LogP contribution in [0.2, 0.25) is 0 Å². The molecule has 0 radical (unpaired) electrons.